The van der Waals surface area contributed by atoms with Gasteiger partial charge in [-0.1, -0.05) is 6.42 Å². The Hall–Kier alpha value is -3.05. The van der Waals surface area contributed by atoms with E-state index in [2.05, 4.69) is 20.5 Å². The van der Waals surface area contributed by atoms with Crippen LogP contribution in [0.3, 0.4) is 0 Å². The number of aromatic nitrogens is 3. The van der Waals surface area contributed by atoms with E-state index < -0.39 is 23.8 Å². The molecule has 1 N–H and O–H groups in total. The lowest BCUT2D eigenvalue weighted by Gasteiger charge is -2.23. The first-order chi connectivity index (χ1) is 17.7. The Morgan fingerprint density at radius 2 is 2.00 bits per heavy atom. The zero-order valence-corrected chi connectivity index (χ0v) is 21.5. The van der Waals surface area contributed by atoms with Crippen molar-refractivity contribution in [2.24, 2.45) is 0 Å². The maximum Gasteiger partial charge on any atom is 0.435 e. The third-order valence-electron chi connectivity index (χ3n) is 6.12. The molecule has 0 bridgehead atoms. The van der Waals surface area contributed by atoms with Crippen molar-refractivity contribution in [3.05, 3.63) is 58.4 Å². The minimum atomic E-state index is -4.58. The molecule has 2 aromatic heterocycles. The molecule has 1 amide bonds. The van der Waals surface area contributed by atoms with Crippen molar-refractivity contribution in [1.82, 2.24) is 20.5 Å². The van der Waals surface area contributed by atoms with Gasteiger partial charge in [0, 0.05) is 41.8 Å². The summed E-state index contributed by atoms with van der Waals surface area (Å²) in [6, 6.07) is 6.66. The van der Waals surface area contributed by atoms with Crippen molar-refractivity contribution in [3.63, 3.8) is 0 Å². The van der Waals surface area contributed by atoms with Crippen LogP contribution in [-0.4, -0.2) is 40.9 Å². The van der Waals surface area contributed by atoms with Crippen LogP contribution in [0.1, 0.15) is 78.1 Å². The van der Waals surface area contributed by atoms with Crippen molar-refractivity contribution in [3.8, 4) is 16.3 Å². The number of halogens is 3. The van der Waals surface area contributed by atoms with Crippen LogP contribution >= 0.6 is 11.3 Å². The predicted octanol–water partition coefficient (Wildman–Crippen LogP) is 6.18. The molecule has 11 heteroatoms. The Morgan fingerprint density at radius 3 is 2.65 bits per heavy atom. The van der Waals surface area contributed by atoms with Crippen LogP contribution in [0.25, 0.3) is 10.6 Å². The van der Waals surface area contributed by atoms with Crippen molar-refractivity contribution >= 4 is 17.2 Å². The zero-order valence-electron chi connectivity index (χ0n) is 20.7. The molecule has 1 aromatic carbocycles. The first-order valence-electron chi connectivity index (χ1n) is 12.3. The van der Waals surface area contributed by atoms with Crippen molar-refractivity contribution < 1.29 is 27.4 Å². The van der Waals surface area contributed by atoms with Gasteiger partial charge in [-0.25, -0.2) is 4.98 Å². The maximum absolute atomic E-state index is 13.1. The number of nitrogens with one attached hydrogen (secondary N) is 1. The number of thiazole rings is 1. The second-order valence-corrected chi connectivity index (χ2v) is 9.94. The van der Waals surface area contributed by atoms with E-state index in [1.165, 1.54) is 30.2 Å². The standard InChI is InChI=1S/C26H29F3N4O3S/c1-3-35-10-5-11-36-20-13-18(12-19(14-20)25-30-15-22(37-25)17-6-4-7-17)24(34)31-16(2)21-8-9-23(33-32-21)26(27,28)29/h8-9,12-17H,3-7,10-11H2,1-2H3,(H,31,34)/t16-/m1/s1. The lowest BCUT2D eigenvalue weighted by molar-refractivity contribution is -0.141. The number of nitrogens with zero attached hydrogens (tertiary/aromatic N) is 3. The van der Waals surface area contributed by atoms with Crippen LogP contribution in [0.5, 0.6) is 5.75 Å². The van der Waals surface area contributed by atoms with Crippen molar-refractivity contribution in [1.29, 1.82) is 0 Å². The summed E-state index contributed by atoms with van der Waals surface area (Å²) in [5.74, 6) is 0.671. The minimum absolute atomic E-state index is 0.218. The lowest BCUT2D eigenvalue weighted by atomic mass is 9.85. The Morgan fingerprint density at radius 1 is 1.19 bits per heavy atom. The smallest absolute Gasteiger partial charge is 0.435 e. The first-order valence-corrected chi connectivity index (χ1v) is 13.1. The Kier molecular flexibility index (Phi) is 8.75. The van der Waals surface area contributed by atoms with Gasteiger partial charge < -0.3 is 14.8 Å². The molecule has 1 atom stereocenters. The highest BCUT2D eigenvalue weighted by molar-refractivity contribution is 7.15. The Labute approximate surface area is 217 Å². The maximum atomic E-state index is 13.1. The summed E-state index contributed by atoms with van der Waals surface area (Å²) in [4.78, 5) is 19.0. The molecule has 2 heterocycles. The molecule has 0 saturated heterocycles. The van der Waals surface area contributed by atoms with Gasteiger partial charge in [-0.05, 0) is 62.9 Å². The fourth-order valence-electron chi connectivity index (χ4n) is 3.81. The number of amides is 1. The molecule has 1 saturated carbocycles. The quantitative estimate of drug-likeness (QED) is 0.296. The van der Waals surface area contributed by atoms with Gasteiger partial charge in [0.25, 0.3) is 5.91 Å². The van der Waals surface area contributed by atoms with Gasteiger partial charge in [0.15, 0.2) is 5.69 Å². The molecule has 0 aliphatic heterocycles. The van der Waals surface area contributed by atoms with Gasteiger partial charge in [-0.15, -0.1) is 16.4 Å². The highest BCUT2D eigenvalue weighted by Crippen LogP contribution is 2.41. The number of ether oxygens (including phenoxy) is 2. The molecular weight excluding hydrogens is 505 g/mol. The van der Waals surface area contributed by atoms with E-state index in [4.69, 9.17) is 9.47 Å². The van der Waals surface area contributed by atoms with Crippen molar-refractivity contribution in [2.75, 3.05) is 19.8 Å². The Bertz CT molecular complexity index is 1200. The van der Waals surface area contributed by atoms with E-state index in [0.29, 0.717) is 43.5 Å². The number of carbonyl (C=O) groups is 1. The van der Waals surface area contributed by atoms with E-state index >= 15 is 0 Å². The summed E-state index contributed by atoms with van der Waals surface area (Å²) >= 11 is 1.62. The van der Waals surface area contributed by atoms with E-state index in [0.717, 1.165) is 16.6 Å². The molecule has 1 fully saturated rings. The molecule has 0 radical (unpaired) electrons. The zero-order chi connectivity index (χ0) is 26.4. The summed E-state index contributed by atoms with van der Waals surface area (Å²) in [6.07, 6.45) is 1.60. The second kappa shape index (κ2) is 12.0. The molecular formula is C26H29F3N4O3S. The summed E-state index contributed by atoms with van der Waals surface area (Å²) in [7, 11) is 0. The summed E-state index contributed by atoms with van der Waals surface area (Å²) in [5, 5.41) is 10.5. The molecule has 3 aromatic rings. The lowest BCUT2D eigenvalue weighted by Crippen LogP contribution is -2.27. The average molecular weight is 535 g/mol. The van der Waals surface area contributed by atoms with Gasteiger partial charge in [0.2, 0.25) is 0 Å². The highest BCUT2D eigenvalue weighted by Gasteiger charge is 2.33. The number of alkyl halides is 3. The largest absolute Gasteiger partial charge is 0.493 e. The molecule has 0 unspecified atom stereocenters. The Balaban J connectivity index is 1.52. The van der Waals surface area contributed by atoms with E-state index in [9.17, 15) is 18.0 Å². The van der Waals surface area contributed by atoms with Gasteiger partial charge in [0.05, 0.1) is 18.3 Å². The van der Waals surface area contributed by atoms with Crippen LogP contribution in [0, 0.1) is 0 Å². The number of rotatable bonds is 11. The number of hydrogen-bond donors (Lipinski definition) is 1. The van der Waals surface area contributed by atoms with Crippen molar-refractivity contribution in [2.45, 2.75) is 57.7 Å². The topological polar surface area (TPSA) is 86.2 Å². The molecule has 7 nitrogen and oxygen atoms in total. The normalized spacial score (nSPS) is 14.7. The van der Waals surface area contributed by atoms with Crippen LogP contribution in [-0.2, 0) is 10.9 Å². The monoisotopic (exact) mass is 534 g/mol. The SMILES string of the molecule is CCOCCCOc1cc(C(=O)N[C@H](C)c2ccc(C(F)(F)F)nn2)cc(-c2ncc(C3CCC3)s2)c1. The van der Waals surface area contributed by atoms with Gasteiger partial charge in [-0.2, -0.15) is 18.3 Å². The molecule has 198 valence electrons. The number of benzene rings is 1. The van der Waals surface area contributed by atoms with Gasteiger partial charge >= 0.3 is 6.18 Å². The van der Waals surface area contributed by atoms with Crippen LogP contribution < -0.4 is 10.1 Å². The van der Waals surface area contributed by atoms with E-state index in [1.54, 1.807) is 30.4 Å². The molecule has 1 aliphatic carbocycles. The van der Waals surface area contributed by atoms with Gasteiger partial charge in [-0.3, -0.25) is 4.79 Å². The fraction of sp³-hybridized carbons (Fsp3) is 0.462. The molecule has 0 spiro atoms. The van der Waals surface area contributed by atoms with Gasteiger partial charge in [0.1, 0.15) is 10.8 Å². The third kappa shape index (κ3) is 7.04. The predicted molar refractivity (Wildman–Crippen MR) is 134 cm³/mol. The first kappa shape index (κ1) is 27.0. The molecule has 1 aliphatic rings. The highest BCUT2D eigenvalue weighted by atomic mass is 32.1. The van der Waals surface area contributed by atoms with Crippen LogP contribution in [0.4, 0.5) is 13.2 Å². The second-order valence-electron chi connectivity index (χ2n) is 8.88. The summed E-state index contributed by atoms with van der Waals surface area (Å²) < 4.78 is 49.6. The van der Waals surface area contributed by atoms with E-state index in [1.807, 2.05) is 19.2 Å². The number of carbonyl (C=O) groups excluding carboxylic acids is 1. The third-order valence-corrected chi connectivity index (χ3v) is 7.33. The molecule has 4 rings (SSSR count). The average Bonchev–Trinajstić information content (AvgIpc) is 3.31. The van der Waals surface area contributed by atoms with E-state index in [-0.39, 0.29) is 5.69 Å². The van der Waals surface area contributed by atoms with Crippen LogP contribution in [0.15, 0.2) is 36.5 Å². The van der Waals surface area contributed by atoms with Crippen LogP contribution in [0.2, 0.25) is 0 Å². The number of hydrogen-bond acceptors (Lipinski definition) is 7. The minimum Gasteiger partial charge on any atom is -0.493 e. The fourth-order valence-corrected chi connectivity index (χ4v) is 4.88. The summed E-state index contributed by atoms with van der Waals surface area (Å²) in [5.41, 5.74) is 0.253. The molecule has 37 heavy (non-hydrogen) atoms. The summed E-state index contributed by atoms with van der Waals surface area (Å²) in [6.45, 7) is 5.20.